The molecule has 0 bridgehead atoms. The maximum Gasteiger partial charge on any atom is 0.379 e. The Balaban J connectivity index is 2.22. The van der Waals surface area contributed by atoms with Gasteiger partial charge in [0, 0.05) is 12.3 Å². The van der Waals surface area contributed by atoms with Crippen molar-refractivity contribution < 1.29 is 19.1 Å². The van der Waals surface area contributed by atoms with Crippen LogP contribution in [0.15, 0.2) is 48.5 Å². The normalized spacial score (nSPS) is 11.0. The molecule has 0 aliphatic rings. The lowest BCUT2D eigenvalue weighted by molar-refractivity contribution is -0.146. The Morgan fingerprint density at radius 3 is 1.65 bits per heavy atom. The third-order valence-corrected chi connectivity index (χ3v) is 3.89. The summed E-state index contributed by atoms with van der Waals surface area (Å²) in [6.07, 6.45) is 0. The Hall–Kier alpha value is -2.62. The Morgan fingerprint density at radius 1 is 0.826 bits per heavy atom. The molecule has 0 aliphatic heterocycles. The summed E-state index contributed by atoms with van der Waals surface area (Å²) in [5, 5.41) is 0. The number of carbonyl (C=O) groups is 2. The van der Waals surface area contributed by atoms with Gasteiger partial charge in [-0.2, -0.15) is 0 Å². The molecule has 2 aromatic rings. The zero-order valence-electron chi connectivity index (χ0n) is 13.8. The van der Waals surface area contributed by atoms with Gasteiger partial charge < -0.3 is 9.47 Å². The third kappa shape index (κ3) is 3.77. The molecule has 0 saturated heterocycles. The molecule has 0 unspecified atom stereocenters. The van der Waals surface area contributed by atoms with Gasteiger partial charge in [-0.25, -0.2) is 4.79 Å². The highest BCUT2D eigenvalue weighted by Crippen LogP contribution is 2.33. The van der Waals surface area contributed by atoms with E-state index in [1.165, 1.54) is 6.92 Å². The van der Waals surface area contributed by atoms with Crippen LogP contribution >= 0.6 is 0 Å². The maximum atomic E-state index is 11.3. The SMILES string of the molecule is COc1ccc(C(C)(C)c2ccc(OC(=O)C(C)=O)cc2)cc1. The minimum Gasteiger partial charge on any atom is -0.497 e. The molecule has 23 heavy (non-hydrogen) atoms. The van der Waals surface area contributed by atoms with Crippen molar-refractivity contribution >= 4 is 11.8 Å². The summed E-state index contributed by atoms with van der Waals surface area (Å²) in [6, 6.07) is 15.1. The van der Waals surface area contributed by atoms with Gasteiger partial charge in [0.25, 0.3) is 0 Å². The largest absolute Gasteiger partial charge is 0.497 e. The smallest absolute Gasteiger partial charge is 0.379 e. The molecule has 2 aromatic carbocycles. The number of benzene rings is 2. The van der Waals surface area contributed by atoms with Gasteiger partial charge in [-0.1, -0.05) is 38.1 Å². The standard InChI is InChI=1S/C19H20O4/c1-13(20)18(21)23-17-11-7-15(8-12-17)19(2,3)14-5-9-16(22-4)10-6-14/h5-12H,1-4H3. The van der Waals surface area contributed by atoms with Crippen LogP contribution in [0, 0.1) is 0 Å². The predicted molar refractivity (Wildman–Crippen MR) is 87.9 cm³/mol. The van der Waals surface area contributed by atoms with Gasteiger partial charge in [-0.15, -0.1) is 0 Å². The van der Waals surface area contributed by atoms with E-state index in [2.05, 4.69) is 13.8 Å². The van der Waals surface area contributed by atoms with E-state index in [1.807, 2.05) is 36.4 Å². The molecule has 0 fully saturated rings. The van der Waals surface area contributed by atoms with Crippen LogP contribution < -0.4 is 9.47 Å². The van der Waals surface area contributed by atoms with E-state index in [-0.39, 0.29) is 5.41 Å². The van der Waals surface area contributed by atoms with Crippen molar-refractivity contribution in [3.8, 4) is 11.5 Å². The molecule has 0 saturated carbocycles. The van der Waals surface area contributed by atoms with E-state index < -0.39 is 11.8 Å². The Bertz CT molecular complexity index is 697. The second-order valence-corrected chi connectivity index (χ2v) is 5.82. The minimum absolute atomic E-state index is 0.213. The number of hydrogen-bond donors (Lipinski definition) is 0. The molecule has 0 atom stereocenters. The first-order chi connectivity index (χ1) is 10.8. The van der Waals surface area contributed by atoms with E-state index in [9.17, 15) is 9.59 Å². The van der Waals surface area contributed by atoms with Crippen molar-refractivity contribution in [2.24, 2.45) is 0 Å². The number of carbonyl (C=O) groups excluding carboxylic acids is 2. The van der Waals surface area contributed by atoms with Crippen LogP contribution in [0.2, 0.25) is 0 Å². The number of ether oxygens (including phenoxy) is 2. The van der Waals surface area contributed by atoms with Crippen LogP contribution in [0.4, 0.5) is 0 Å². The maximum absolute atomic E-state index is 11.3. The van der Waals surface area contributed by atoms with E-state index in [1.54, 1.807) is 19.2 Å². The van der Waals surface area contributed by atoms with Crippen LogP contribution in [-0.2, 0) is 15.0 Å². The number of ketones is 1. The monoisotopic (exact) mass is 312 g/mol. The summed E-state index contributed by atoms with van der Waals surface area (Å²) in [7, 11) is 1.64. The highest BCUT2D eigenvalue weighted by atomic mass is 16.5. The summed E-state index contributed by atoms with van der Waals surface area (Å²) >= 11 is 0. The Morgan fingerprint density at radius 2 is 1.26 bits per heavy atom. The molecule has 0 aromatic heterocycles. The zero-order chi connectivity index (χ0) is 17.0. The van der Waals surface area contributed by atoms with Crippen LogP contribution in [0.1, 0.15) is 31.9 Å². The first-order valence-electron chi connectivity index (χ1n) is 7.32. The van der Waals surface area contributed by atoms with E-state index >= 15 is 0 Å². The molecule has 4 nitrogen and oxygen atoms in total. The molecule has 0 heterocycles. The summed E-state index contributed by atoms with van der Waals surface area (Å²) in [4.78, 5) is 22.2. The quantitative estimate of drug-likeness (QED) is 0.481. The second kappa shape index (κ2) is 6.65. The lowest BCUT2D eigenvalue weighted by Gasteiger charge is -2.26. The number of rotatable bonds is 5. The molecule has 0 aliphatic carbocycles. The molecule has 0 amide bonds. The Kier molecular flexibility index (Phi) is 4.84. The van der Waals surface area contributed by atoms with Gasteiger partial charge in [0.2, 0.25) is 5.78 Å². The number of Topliss-reactive ketones (excluding diaryl/α,β-unsaturated/α-hetero) is 1. The number of methoxy groups -OCH3 is 1. The van der Waals surface area contributed by atoms with Gasteiger partial charge in [-0.3, -0.25) is 4.79 Å². The van der Waals surface area contributed by atoms with Crippen molar-refractivity contribution in [3.63, 3.8) is 0 Å². The van der Waals surface area contributed by atoms with Crippen molar-refractivity contribution in [2.75, 3.05) is 7.11 Å². The van der Waals surface area contributed by atoms with Gasteiger partial charge in [-0.05, 0) is 35.4 Å². The summed E-state index contributed by atoms with van der Waals surface area (Å²) in [6.45, 7) is 5.42. The van der Waals surface area contributed by atoms with Crippen LogP contribution in [-0.4, -0.2) is 18.9 Å². The highest BCUT2D eigenvalue weighted by Gasteiger charge is 2.23. The van der Waals surface area contributed by atoms with Crippen LogP contribution in [0.25, 0.3) is 0 Å². The average Bonchev–Trinajstić information content (AvgIpc) is 2.55. The van der Waals surface area contributed by atoms with Crippen molar-refractivity contribution in [3.05, 3.63) is 59.7 Å². The fourth-order valence-corrected chi connectivity index (χ4v) is 2.29. The van der Waals surface area contributed by atoms with E-state index in [0.717, 1.165) is 16.9 Å². The van der Waals surface area contributed by atoms with Crippen molar-refractivity contribution in [1.29, 1.82) is 0 Å². The van der Waals surface area contributed by atoms with Crippen molar-refractivity contribution in [1.82, 2.24) is 0 Å². The summed E-state index contributed by atoms with van der Waals surface area (Å²) in [5.74, 6) is -0.296. The molecule has 4 heteroatoms. The summed E-state index contributed by atoms with van der Waals surface area (Å²) < 4.78 is 10.2. The molecular formula is C19H20O4. The predicted octanol–water partition coefficient (Wildman–Crippen LogP) is 3.52. The van der Waals surface area contributed by atoms with Crippen molar-refractivity contribution in [2.45, 2.75) is 26.2 Å². The molecule has 0 radical (unpaired) electrons. The molecule has 2 rings (SSSR count). The first kappa shape index (κ1) is 16.7. The molecular weight excluding hydrogens is 292 g/mol. The van der Waals surface area contributed by atoms with Crippen LogP contribution in [0.3, 0.4) is 0 Å². The van der Waals surface area contributed by atoms with Crippen LogP contribution in [0.5, 0.6) is 11.5 Å². The highest BCUT2D eigenvalue weighted by molar-refractivity contribution is 6.33. The number of hydrogen-bond acceptors (Lipinski definition) is 4. The second-order valence-electron chi connectivity index (χ2n) is 5.82. The zero-order valence-corrected chi connectivity index (χ0v) is 13.8. The van der Waals surface area contributed by atoms with E-state index in [4.69, 9.17) is 9.47 Å². The molecule has 0 N–H and O–H groups in total. The molecule has 120 valence electrons. The Labute approximate surface area is 136 Å². The first-order valence-corrected chi connectivity index (χ1v) is 7.32. The lowest BCUT2D eigenvalue weighted by atomic mass is 9.78. The average molecular weight is 312 g/mol. The fourth-order valence-electron chi connectivity index (χ4n) is 2.29. The topological polar surface area (TPSA) is 52.6 Å². The summed E-state index contributed by atoms with van der Waals surface area (Å²) in [5.41, 5.74) is 2.01. The van der Waals surface area contributed by atoms with Gasteiger partial charge in [0.05, 0.1) is 7.11 Å². The van der Waals surface area contributed by atoms with Gasteiger partial charge in [0.1, 0.15) is 11.5 Å². The fraction of sp³-hybridized carbons (Fsp3) is 0.263. The molecule has 0 spiro atoms. The van der Waals surface area contributed by atoms with Gasteiger partial charge >= 0.3 is 5.97 Å². The van der Waals surface area contributed by atoms with E-state index in [0.29, 0.717) is 5.75 Å². The third-order valence-electron chi connectivity index (χ3n) is 3.89. The minimum atomic E-state index is -0.854. The lowest BCUT2D eigenvalue weighted by Crippen LogP contribution is -2.19. The van der Waals surface area contributed by atoms with Gasteiger partial charge in [0.15, 0.2) is 0 Å². The number of esters is 1.